The molecule has 4 rings (SSSR count). The van der Waals surface area contributed by atoms with Crippen molar-refractivity contribution in [2.24, 2.45) is 0 Å². The van der Waals surface area contributed by atoms with Gasteiger partial charge in [-0.2, -0.15) is 0 Å². The van der Waals surface area contributed by atoms with Gasteiger partial charge in [-0.25, -0.2) is 0 Å². The van der Waals surface area contributed by atoms with Crippen LogP contribution in [-0.2, 0) is 16.1 Å². The minimum Gasteiger partial charge on any atom is -0.378 e. The highest BCUT2D eigenvalue weighted by atomic mass is 16.5. The van der Waals surface area contributed by atoms with Crippen molar-refractivity contribution in [3.8, 4) is 0 Å². The van der Waals surface area contributed by atoms with Gasteiger partial charge in [0.1, 0.15) is 6.54 Å². The monoisotopic (exact) mass is 419 g/mol. The number of aromatic nitrogens is 1. The second-order valence-electron chi connectivity index (χ2n) is 7.77. The summed E-state index contributed by atoms with van der Waals surface area (Å²) in [5.41, 5.74) is 3.31. The number of fused-ring (bicyclic) bond motifs is 1. The lowest BCUT2D eigenvalue weighted by molar-refractivity contribution is -0.116. The molecule has 1 aliphatic rings. The summed E-state index contributed by atoms with van der Waals surface area (Å²) >= 11 is 0. The number of hydrogen-bond acceptors (Lipinski definition) is 4. The average Bonchev–Trinajstić information content (AvgIpc) is 2.77. The zero-order valence-corrected chi connectivity index (χ0v) is 17.7. The SMILES string of the molecule is Cc1ccc(NC(=O)Cn2c(=O)cc(C(=O)N3CCOCC3)c3ccccc32)c(C)c1. The number of nitrogens with zero attached hydrogens (tertiary/aromatic N) is 2. The van der Waals surface area contributed by atoms with Crippen LogP contribution in [0.2, 0.25) is 0 Å². The fourth-order valence-corrected chi connectivity index (χ4v) is 3.90. The topological polar surface area (TPSA) is 80.6 Å². The second-order valence-corrected chi connectivity index (χ2v) is 7.77. The Labute approximate surface area is 180 Å². The minimum absolute atomic E-state index is 0.140. The number of morpholine rings is 1. The molecule has 0 saturated carbocycles. The molecule has 0 aliphatic carbocycles. The molecule has 2 aromatic carbocycles. The lowest BCUT2D eigenvalue weighted by Gasteiger charge is -2.27. The van der Waals surface area contributed by atoms with Gasteiger partial charge in [0.05, 0.1) is 24.3 Å². The van der Waals surface area contributed by atoms with Gasteiger partial charge in [0.2, 0.25) is 5.91 Å². The highest BCUT2D eigenvalue weighted by Crippen LogP contribution is 2.20. The first kappa shape index (κ1) is 20.8. The van der Waals surface area contributed by atoms with Crippen molar-refractivity contribution < 1.29 is 14.3 Å². The smallest absolute Gasteiger partial charge is 0.254 e. The van der Waals surface area contributed by atoms with Crippen LogP contribution in [0.4, 0.5) is 5.69 Å². The minimum atomic E-state index is -0.383. The molecule has 0 spiro atoms. The van der Waals surface area contributed by atoms with Crippen molar-refractivity contribution in [1.82, 2.24) is 9.47 Å². The fraction of sp³-hybridized carbons (Fsp3) is 0.292. The Balaban J connectivity index is 1.66. The summed E-state index contributed by atoms with van der Waals surface area (Å²) in [6.45, 7) is 5.74. The summed E-state index contributed by atoms with van der Waals surface area (Å²) < 4.78 is 6.73. The van der Waals surface area contributed by atoms with E-state index in [1.54, 1.807) is 23.1 Å². The lowest BCUT2D eigenvalue weighted by Crippen LogP contribution is -2.41. The van der Waals surface area contributed by atoms with E-state index in [0.717, 1.165) is 11.1 Å². The van der Waals surface area contributed by atoms with E-state index in [1.165, 1.54) is 10.6 Å². The van der Waals surface area contributed by atoms with Crippen LogP contribution in [0, 0.1) is 13.8 Å². The van der Waals surface area contributed by atoms with Crippen molar-refractivity contribution in [2.45, 2.75) is 20.4 Å². The first-order valence-corrected chi connectivity index (χ1v) is 10.3. The third kappa shape index (κ3) is 4.36. The van der Waals surface area contributed by atoms with Gasteiger partial charge in [-0.15, -0.1) is 0 Å². The summed E-state index contributed by atoms with van der Waals surface area (Å²) in [7, 11) is 0. The zero-order chi connectivity index (χ0) is 22.0. The molecule has 31 heavy (non-hydrogen) atoms. The molecule has 1 fully saturated rings. The van der Waals surface area contributed by atoms with Gasteiger partial charge in [-0.1, -0.05) is 35.9 Å². The summed E-state index contributed by atoms with van der Waals surface area (Å²) in [6, 6.07) is 14.3. The van der Waals surface area contributed by atoms with E-state index >= 15 is 0 Å². The predicted octanol–water partition coefficient (Wildman–Crippen LogP) is 2.73. The lowest BCUT2D eigenvalue weighted by atomic mass is 10.1. The van der Waals surface area contributed by atoms with Gasteiger partial charge in [-0.3, -0.25) is 19.0 Å². The maximum Gasteiger partial charge on any atom is 0.254 e. The van der Waals surface area contributed by atoms with E-state index in [-0.39, 0.29) is 23.9 Å². The molecule has 1 aliphatic heterocycles. The molecule has 1 saturated heterocycles. The number of pyridine rings is 1. The molecular weight excluding hydrogens is 394 g/mol. The molecule has 0 radical (unpaired) electrons. The molecule has 3 aromatic rings. The first-order chi connectivity index (χ1) is 14.9. The van der Waals surface area contributed by atoms with Crippen molar-refractivity contribution in [2.75, 3.05) is 31.6 Å². The number of carbonyl (C=O) groups is 2. The summed E-state index contributed by atoms with van der Waals surface area (Å²) in [5, 5.41) is 3.53. The number of aryl methyl sites for hydroxylation is 2. The van der Waals surface area contributed by atoms with Crippen LogP contribution in [0.25, 0.3) is 10.9 Å². The number of benzene rings is 2. The van der Waals surface area contributed by atoms with Gasteiger partial charge in [0.25, 0.3) is 11.5 Å². The van der Waals surface area contributed by atoms with Crippen LogP contribution < -0.4 is 10.9 Å². The summed E-state index contributed by atoms with van der Waals surface area (Å²) in [6.07, 6.45) is 0. The maximum absolute atomic E-state index is 13.0. The van der Waals surface area contributed by atoms with E-state index < -0.39 is 0 Å². The van der Waals surface area contributed by atoms with Crippen LogP contribution in [0.15, 0.2) is 53.3 Å². The van der Waals surface area contributed by atoms with Crippen LogP contribution >= 0.6 is 0 Å². The molecule has 7 heteroatoms. The highest BCUT2D eigenvalue weighted by Gasteiger charge is 2.22. The third-order valence-electron chi connectivity index (χ3n) is 5.51. The molecule has 0 atom stereocenters. The third-order valence-corrected chi connectivity index (χ3v) is 5.51. The van der Waals surface area contributed by atoms with E-state index in [2.05, 4.69) is 5.32 Å². The quantitative estimate of drug-likeness (QED) is 0.705. The average molecular weight is 419 g/mol. The Bertz CT molecular complexity index is 1210. The maximum atomic E-state index is 13.0. The van der Waals surface area contributed by atoms with Crippen molar-refractivity contribution in [3.05, 3.63) is 75.6 Å². The summed E-state index contributed by atoms with van der Waals surface area (Å²) in [5.74, 6) is -0.491. The Morgan fingerprint density at radius 2 is 1.77 bits per heavy atom. The highest BCUT2D eigenvalue weighted by molar-refractivity contribution is 6.06. The van der Waals surface area contributed by atoms with Crippen LogP contribution in [0.3, 0.4) is 0 Å². The van der Waals surface area contributed by atoms with Crippen LogP contribution in [0.5, 0.6) is 0 Å². The normalized spacial score (nSPS) is 13.9. The molecule has 1 aromatic heterocycles. The van der Waals surface area contributed by atoms with Gasteiger partial charge in [0.15, 0.2) is 0 Å². The molecule has 2 heterocycles. The first-order valence-electron chi connectivity index (χ1n) is 10.3. The Kier molecular flexibility index (Phi) is 5.86. The van der Waals surface area contributed by atoms with E-state index in [0.29, 0.717) is 48.5 Å². The molecule has 7 nitrogen and oxygen atoms in total. The van der Waals surface area contributed by atoms with Crippen LogP contribution in [0.1, 0.15) is 21.5 Å². The second kappa shape index (κ2) is 8.73. The number of anilines is 1. The Morgan fingerprint density at radius 3 is 2.52 bits per heavy atom. The number of nitrogens with one attached hydrogen (secondary N) is 1. The molecule has 160 valence electrons. The van der Waals surface area contributed by atoms with Gasteiger partial charge in [-0.05, 0) is 31.5 Å². The van der Waals surface area contributed by atoms with Crippen molar-refractivity contribution >= 4 is 28.4 Å². The van der Waals surface area contributed by atoms with Crippen molar-refractivity contribution in [3.63, 3.8) is 0 Å². The molecule has 0 unspecified atom stereocenters. The van der Waals surface area contributed by atoms with Gasteiger partial charge >= 0.3 is 0 Å². The molecule has 2 amide bonds. The van der Waals surface area contributed by atoms with E-state index in [9.17, 15) is 14.4 Å². The number of rotatable bonds is 4. The number of hydrogen-bond donors (Lipinski definition) is 1. The van der Waals surface area contributed by atoms with E-state index in [1.807, 2.05) is 38.1 Å². The Morgan fingerprint density at radius 1 is 1.03 bits per heavy atom. The predicted molar refractivity (Wildman–Crippen MR) is 119 cm³/mol. The Hall–Kier alpha value is -3.45. The summed E-state index contributed by atoms with van der Waals surface area (Å²) in [4.78, 5) is 40.4. The zero-order valence-electron chi connectivity index (χ0n) is 17.7. The number of amides is 2. The van der Waals surface area contributed by atoms with Gasteiger partial charge < -0.3 is 15.0 Å². The standard InChI is InChI=1S/C24H25N3O4/c1-16-7-8-20(17(2)13-16)25-22(28)15-27-21-6-4-3-5-18(21)19(14-23(27)29)24(30)26-9-11-31-12-10-26/h3-8,13-14H,9-12,15H2,1-2H3,(H,25,28). The molecule has 0 bridgehead atoms. The largest absolute Gasteiger partial charge is 0.378 e. The van der Waals surface area contributed by atoms with Crippen molar-refractivity contribution in [1.29, 1.82) is 0 Å². The molecule has 1 N–H and O–H groups in total. The molecular formula is C24H25N3O4. The van der Waals surface area contributed by atoms with Gasteiger partial charge in [0, 0.05) is 30.2 Å². The number of carbonyl (C=O) groups excluding carboxylic acids is 2. The number of ether oxygens (including phenoxy) is 1. The van der Waals surface area contributed by atoms with E-state index in [4.69, 9.17) is 4.74 Å². The number of para-hydroxylation sites is 1. The van der Waals surface area contributed by atoms with Crippen LogP contribution in [-0.4, -0.2) is 47.6 Å². The fourth-order valence-electron chi connectivity index (χ4n) is 3.90.